The molecule has 0 aliphatic heterocycles. The van der Waals surface area contributed by atoms with Crippen LogP contribution in [0.4, 0.5) is 0 Å². The number of aliphatic hydroxyl groups excluding tert-OH is 1. The molecule has 238 valence electrons. The molecule has 2 fully saturated rings. The molecule has 0 atom stereocenters. The Morgan fingerprint density at radius 2 is 1.64 bits per heavy atom. The zero-order valence-electron chi connectivity index (χ0n) is 24.4. The van der Waals surface area contributed by atoms with Gasteiger partial charge in [0.15, 0.2) is 9.84 Å². The smallest absolute Gasteiger partial charge is 0.306 e. The molecule has 0 bridgehead atoms. The minimum Gasteiger partial charge on any atom is -0.512 e. The van der Waals surface area contributed by atoms with Gasteiger partial charge in [0.2, 0.25) is 0 Å². The van der Waals surface area contributed by atoms with E-state index in [0.29, 0.717) is 44.8 Å². The highest BCUT2D eigenvalue weighted by atomic mass is 35.5. The maximum atomic E-state index is 12.5. The number of rotatable bonds is 12. The Kier molecular flexibility index (Phi) is 9.87. The first-order valence-electron chi connectivity index (χ1n) is 14.3. The van der Waals surface area contributed by atoms with Gasteiger partial charge in [-0.05, 0) is 73.6 Å². The van der Waals surface area contributed by atoms with Crippen LogP contribution in [-0.2, 0) is 25.0 Å². The fraction of sp³-hybridized carbons (Fsp3) is 0.333. The summed E-state index contributed by atoms with van der Waals surface area (Å²) in [6.07, 6.45) is 2.19. The molecule has 12 heteroatoms. The highest BCUT2D eigenvalue weighted by Crippen LogP contribution is 2.52. The summed E-state index contributed by atoms with van der Waals surface area (Å²) in [5.41, 5.74) is 0.843. The van der Waals surface area contributed by atoms with Gasteiger partial charge in [-0.15, -0.1) is 0 Å². The monoisotopic (exact) mass is 691 g/mol. The number of carbonyl (C=O) groups excluding carboxylic acids is 1. The van der Waals surface area contributed by atoms with Crippen LogP contribution in [-0.4, -0.2) is 49.8 Å². The van der Waals surface area contributed by atoms with Gasteiger partial charge in [0, 0.05) is 17.0 Å². The van der Waals surface area contributed by atoms with Crippen molar-refractivity contribution in [3.05, 3.63) is 104 Å². The number of esters is 1. The summed E-state index contributed by atoms with van der Waals surface area (Å²) < 4.78 is 35.6. The van der Waals surface area contributed by atoms with Gasteiger partial charge in [-0.1, -0.05) is 59.1 Å². The molecule has 3 aromatic carbocycles. The number of hydrogen-bond donors (Lipinski definition) is 3. The van der Waals surface area contributed by atoms with Gasteiger partial charge in [0.1, 0.15) is 18.1 Å². The van der Waals surface area contributed by atoms with Gasteiger partial charge in [0.05, 0.1) is 56.1 Å². The Labute approximate surface area is 277 Å². The summed E-state index contributed by atoms with van der Waals surface area (Å²) in [6.45, 7) is -0.112. The molecule has 0 heterocycles. The number of ether oxygens (including phenoxy) is 2. The van der Waals surface area contributed by atoms with E-state index >= 15 is 0 Å². The number of aliphatic hydroxyl groups is 2. The molecule has 2 aliphatic carbocycles. The Hall–Kier alpha value is -3.08. The maximum absolute atomic E-state index is 12.5. The highest BCUT2D eigenvalue weighted by molar-refractivity contribution is 7.91. The lowest BCUT2D eigenvalue weighted by Gasteiger charge is -2.44. The average molecular weight is 693 g/mol. The van der Waals surface area contributed by atoms with Crippen LogP contribution in [0.5, 0.6) is 5.75 Å². The van der Waals surface area contributed by atoms with E-state index in [1.54, 1.807) is 48.5 Å². The van der Waals surface area contributed by atoms with Gasteiger partial charge >= 0.3 is 5.97 Å². The molecular weight excluding hydrogens is 661 g/mol. The van der Waals surface area contributed by atoms with Crippen LogP contribution in [0.2, 0.25) is 15.1 Å². The van der Waals surface area contributed by atoms with Gasteiger partial charge in [0.25, 0.3) is 0 Å². The molecule has 0 saturated heterocycles. The van der Waals surface area contributed by atoms with E-state index < -0.39 is 21.4 Å². The van der Waals surface area contributed by atoms with Gasteiger partial charge in [-0.25, -0.2) is 8.42 Å². The Bertz CT molecular complexity index is 1740. The zero-order valence-corrected chi connectivity index (χ0v) is 27.4. The minimum absolute atomic E-state index is 0.00504. The fourth-order valence-corrected chi connectivity index (χ4v) is 7.63. The third kappa shape index (κ3) is 7.34. The standard InChI is InChI=1S/C33H32Cl3NO7S/c1-43-29(38)13-14-45(41,42)23-10-7-19(8-11-23)21-16-33(40,17-21)25-12-9-22(15-28(25)36)44-18-24(32(39)20-5-6-20)31(37)30-26(34)3-2-4-27(30)35/h2-4,7-12,15,20-21,37,39-40H,5-6,13-14,16-18H2,1H3/b32-24-,37-31?. The molecule has 0 aromatic heterocycles. The van der Waals surface area contributed by atoms with Crippen molar-refractivity contribution in [2.45, 2.75) is 48.5 Å². The van der Waals surface area contributed by atoms with E-state index in [1.165, 1.54) is 19.2 Å². The summed E-state index contributed by atoms with van der Waals surface area (Å²) in [5, 5.41) is 31.9. The number of sulfone groups is 1. The summed E-state index contributed by atoms with van der Waals surface area (Å²) in [4.78, 5) is 11.5. The average Bonchev–Trinajstić information content (AvgIpc) is 3.84. The molecule has 0 unspecified atom stereocenters. The maximum Gasteiger partial charge on any atom is 0.306 e. The molecule has 2 aliphatic rings. The first kappa shape index (κ1) is 33.3. The zero-order chi connectivity index (χ0) is 32.5. The van der Waals surface area contributed by atoms with Crippen LogP contribution in [0.3, 0.4) is 0 Å². The number of halogens is 3. The lowest BCUT2D eigenvalue weighted by atomic mass is 9.65. The summed E-state index contributed by atoms with van der Waals surface area (Å²) in [5.74, 6) is -0.487. The lowest BCUT2D eigenvalue weighted by molar-refractivity contribution is -0.140. The molecule has 8 nitrogen and oxygen atoms in total. The summed E-state index contributed by atoms with van der Waals surface area (Å²) in [6, 6.07) is 16.4. The van der Waals surface area contributed by atoms with Crippen molar-refractivity contribution in [1.29, 1.82) is 5.41 Å². The third-order valence-electron chi connectivity index (χ3n) is 8.29. The van der Waals surface area contributed by atoms with Crippen molar-refractivity contribution in [2.24, 2.45) is 5.92 Å². The molecular formula is C33H32Cl3NO7S. The largest absolute Gasteiger partial charge is 0.512 e. The second-order valence-corrected chi connectivity index (χ2v) is 14.7. The van der Waals surface area contributed by atoms with Crippen LogP contribution in [0.1, 0.15) is 54.7 Å². The molecule has 3 aromatic rings. The molecule has 5 rings (SSSR count). The second kappa shape index (κ2) is 13.3. The van der Waals surface area contributed by atoms with Crippen molar-refractivity contribution < 1.29 is 32.9 Å². The van der Waals surface area contributed by atoms with Crippen molar-refractivity contribution in [3.63, 3.8) is 0 Å². The van der Waals surface area contributed by atoms with Crippen molar-refractivity contribution in [3.8, 4) is 5.75 Å². The third-order valence-corrected chi connectivity index (χ3v) is 11.0. The minimum atomic E-state index is -3.63. The fourth-order valence-electron chi connectivity index (χ4n) is 5.48. The van der Waals surface area contributed by atoms with Crippen molar-refractivity contribution in [1.82, 2.24) is 0 Å². The topological polar surface area (TPSA) is 134 Å². The van der Waals surface area contributed by atoms with E-state index in [0.717, 1.165) is 18.4 Å². The van der Waals surface area contributed by atoms with Gasteiger partial charge < -0.3 is 19.7 Å². The summed E-state index contributed by atoms with van der Waals surface area (Å²) in [7, 11) is -2.42. The molecule has 3 N–H and O–H groups in total. The van der Waals surface area contributed by atoms with Crippen molar-refractivity contribution >= 4 is 56.3 Å². The van der Waals surface area contributed by atoms with E-state index in [2.05, 4.69) is 4.74 Å². The van der Waals surface area contributed by atoms with Crippen molar-refractivity contribution in [2.75, 3.05) is 19.5 Å². The van der Waals surface area contributed by atoms with Crippen LogP contribution in [0.25, 0.3) is 0 Å². The number of hydrogen-bond acceptors (Lipinski definition) is 8. The van der Waals surface area contributed by atoms with Crippen LogP contribution < -0.4 is 4.74 Å². The predicted octanol–water partition coefficient (Wildman–Crippen LogP) is 7.42. The molecule has 0 amide bonds. The molecule has 2 saturated carbocycles. The van der Waals surface area contributed by atoms with E-state index in [1.807, 2.05) is 0 Å². The van der Waals surface area contributed by atoms with E-state index in [-0.39, 0.29) is 52.6 Å². The number of methoxy groups -OCH3 is 1. The molecule has 0 spiro atoms. The Morgan fingerprint density at radius 1 is 1.00 bits per heavy atom. The van der Waals surface area contributed by atoms with Gasteiger partial charge in [-0.3, -0.25) is 10.2 Å². The number of carbonyl (C=O) groups is 1. The van der Waals surface area contributed by atoms with Crippen LogP contribution >= 0.6 is 34.8 Å². The number of allylic oxidation sites excluding steroid dienone is 1. The van der Waals surface area contributed by atoms with Gasteiger partial charge in [-0.2, -0.15) is 0 Å². The Morgan fingerprint density at radius 3 is 2.22 bits per heavy atom. The van der Waals surface area contributed by atoms with Crippen LogP contribution in [0, 0.1) is 11.3 Å². The number of benzene rings is 3. The normalized spacial score (nSPS) is 20.2. The first-order valence-corrected chi connectivity index (χ1v) is 17.1. The number of nitrogens with one attached hydrogen (secondary N) is 1. The second-order valence-electron chi connectivity index (χ2n) is 11.4. The predicted molar refractivity (Wildman–Crippen MR) is 174 cm³/mol. The SMILES string of the molecule is COC(=O)CCS(=O)(=O)c1ccc(C2CC(O)(c3ccc(OC/C(C(=N)c4c(Cl)cccc4Cl)=C(/O)C4CC4)cc3Cl)C2)cc1. The summed E-state index contributed by atoms with van der Waals surface area (Å²) >= 11 is 19.3. The molecule has 0 radical (unpaired) electrons. The quantitative estimate of drug-likeness (QED) is 0.102. The molecule has 45 heavy (non-hydrogen) atoms. The Balaban J connectivity index is 1.24. The highest BCUT2D eigenvalue weighted by Gasteiger charge is 2.45. The first-order chi connectivity index (χ1) is 21.3. The van der Waals surface area contributed by atoms with Crippen LogP contribution in [0.15, 0.2) is 76.9 Å². The lowest BCUT2D eigenvalue weighted by Crippen LogP contribution is -2.40. The van der Waals surface area contributed by atoms with E-state index in [9.17, 15) is 23.4 Å². The van der Waals surface area contributed by atoms with E-state index in [4.69, 9.17) is 44.9 Å².